The second kappa shape index (κ2) is 4.61. The first-order chi connectivity index (χ1) is 8.39. The number of aliphatic carboxylic acids is 1. The van der Waals surface area contributed by atoms with Gasteiger partial charge >= 0.3 is 12.1 Å². The fourth-order valence-electron chi connectivity index (χ4n) is 1.77. The van der Waals surface area contributed by atoms with E-state index in [-0.39, 0.29) is 13.3 Å². The minimum Gasteiger partial charge on any atom is -0.479 e. The summed E-state index contributed by atoms with van der Waals surface area (Å²) in [5.41, 5.74) is -3.48. The van der Waals surface area contributed by atoms with Gasteiger partial charge in [0.2, 0.25) is 17.4 Å². The third-order valence-corrected chi connectivity index (χ3v) is 3.14. The van der Waals surface area contributed by atoms with Crippen LogP contribution in [0, 0.1) is 5.92 Å². The zero-order chi connectivity index (χ0) is 15.1. The van der Waals surface area contributed by atoms with Crippen LogP contribution in [-0.4, -0.2) is 34.6 Å². The number of rotatable bonds is 3. The van der Waals surface area contributed by atoms with Crippen LogP contribution in [0.4, 0.5) is 22.0 Å². The molecule has 2 unspecified atom stereocenters. The lowest BCUT2D eigenvalue weighted by molar-refractivity contribution is -0.207. The van der Waals surface area contributed by atoms with Crippen molar-refractivity contribution in [1.82, 2.24) is 5.32 Å². The van der Waals surface area contributed by atoms with Crippen molar-refractivity contribution in [2.24, 2.45) is 5.92 Å². The third-order valence-electron chi connectivity index (χ3n) is 3.14. The molecule has 0 aromatic carbocycles. The van der Waals surface area contributed by atoms with Crippen LogP contribution in [0.2, 0.25) is 0 Å². The summed E-state index contributed by atoms with van der Waals surface area (Å²) < 4.78 is 63.6. The maximum atomic E-state index is 12.9. The van der Waals surface area contributed by atoms with Gasteiger partial charge in [-0.25, -0.2) is 13.6 Å². The highest BCUT2D eigenvalue weighted by atomic mass is 19.4. The molecular formula is C10H12F5NO3. The summed E-state index contributed by atoms with van der Waals surface area (Å²) in [6, 6.07) is 0. The molecule has 9 heteroatoms. The van der Waals surface area contributed by atoms with Gasteiger partial charge in [0.25, 0.3) is 0 Å². The average Bonchev–Trinajstić information content (AvgIpc) is 2.56. The van der Waals surface area contributed by atoms with Crippen molar-refractivity contribution in [1.29, 1.82) is 0 Å². The Kier molecular flexibility index (Phi) is 3.79. The molecule has 1 aliphatic rings. The van der Waals surface area contributed by atoms with E-state index in [2.05, 4.69) is 0 Å². The van der Waals surface area contributed by atoms with Crippen molar-refractivity contribution >= 4 is 11.9 Å². The summed E-state index contributed by atoms with van der Waals surface area (Å²) in [5, 5.41) is 9.90. The number of carboxylic acids is 1. The van der Waals surface area contributed by atoms with Crippen molar-refractivity contribution in [3.63, 3.8) is 0 Å². The lowest BCUT2D eigenvalue weighted by atomic mass is 9.99. The molecule has 0 aliphatic heterocycles. The number of hydrogen-bond acceptors (Lipinski definition) is 2. The molecule has 1 saturated carbocycles. The van der Waals surface area contributed by atoms with Crippen molar-refractivity contribution in [3.8, 4) is 0 Å². The Morgan fingerprint density at radius 3 is 2.16 bits per heavy atom. The molecule has 2 N–H and O–H groups in total. The fourth-order valence-corrected chi connectivity index (χ4v) is 1.77. The van der Waals surface area contributed by atoms with Gasteiger partial charge in [0.1, 0.15) is 0 Å². The number of hydrogen-bond donors (Lipinski definition) is 2. The number of nitrogens with one attached hydrogen (secondary N) is 1. The normalized spacial score (nSPS) is 25.7. The van der Waals surface area contributed by atoms with E-state index in [1.165, 1.54) is 5.32 Å². The maximum absolute atomic E-state index is 12.9. The van der Waals surface area contributed by atoms with E-state index in [1.807, 2.05) is 0 Å². The SMILES string of the molecule is CC(NC(=O)C1CCC(F)(F)C1)(C(=O)O)C(F)(F)F. The molecular weight excluding hydrogens is 277 g/mol. The van der Waals surface area contributed by atoms with Crippen LogP contribution in [0.3, 0.4) is 0 Å². The molecule has 2 atom stereocenters. The minimum atomic E-state index is -5.23. The van der Waals surface area contributed by atoms with Gasteiger partial charge in [-0.15, -0.1) is 0 Å². The first kappa shape index (κ1) is 15.6. The van der Waals surface area contributed by atoms with Crippen molar-refractivity contribution in [3.05, 3.63) is 0 Å². The first-order valence-corrected chi connectivity index (χ1v) is 5.39. The molecule has 1 rings (SSSR count). The Morgan fingerprint density at radius 1 is 1.32 bits per heavy atom. The standard InChI is InChI=1S/C10H12F5NO3/c1-8(7(18)19,10(13,14)15)16-6(17)5-2-3-9(11,12)4-5/h5H,2-4H2,1H3,(H,16,17)(H,18,19). The fraction of sp³-hybridized carbons (Fsp3) is 0.800. The molecule has 0 aromatic heterocycles. The van der Waals surface area contributed by atoms with Crippen LogP contribution in [0.1, 0.15) is 26.2 Å². The number of alkyl halides is 5. The lowest BCUT2D eigenvalue weighted by Crippen LogP contribution is -2.62. The predicted molar refractivity (Wildman–Crippen MR) is 52.5 cm³/mol. The molecule has 0 heterocycles. The van der Waals surface area contributed by atoms with Crippen LogP contribution >= 0.6 is 0 Å². The summed E-state index contributed by atoms with van der Waals surface area (Å²) in [5.74, 6) is -8.02. The largest absolute Gasteiger partial charge is 0.479 e. The molecule has 0 bridgehead atoms. The molecule has 110 valence electrons. The van der Waals surface area contributed by atoms with Crippen molar-refractivity contribution in [2.45, 2.75) is 43.8 Å². The van der Waals surface area contributed by atoms with Gasteiger partial charge in [-0.1, -0.05) is 0 Å². The molecule has 0 saturated heterocycles. The molecule has 1 aliphatic carbocycles. The van der Waals surface area contributed by atoms with Crippen LogP contribution in [0.15, 0.2) is 0 Å². The zero-order valence-corrected chi connectivity index (χ0v) is 9.85. The summed E-state index contributed by atoms with van der Waals surface area (Å²) >= 11 is 0. The molecule has 0 aromatic rings. The predicted octanol–water partition coefficient (Wildman–Crippen LogP) is 1.94. The van der Waals surface area contributed by atoms with Gasteiger partial charge in [-0.3, -0.25) is 4.79 Å². The first-order valence-electron chi connectivity index (χ1n) is 5.39. The average molecular weight is 289 g/mol. The van der Waals surface area contributed by atoms with Gasteiger partial charge in [0.05, 0.1) is 0 Å². The highest BCUT2D eigenvalue weighted by molar-refractivity contribution is 5.88. The molecule has 0 radical (unpaired) electrons. The Morgan fingerprint density at radius 2 is 1.84 bits per heavy atom. The molecule has 0 spiro atoms. The molecule has 19 heavy (non-hydrogen) atoms. The van der Waals surface area contributed by atoms with Crippen LogP contribution in [0.5, 0.6) is 0 Å². The summed E-state index contributed by atoms with van der Waals surface area (Å²) in [4.78, 5) is 22.2. The number of amides is 1. The van der Waals surface area contributed by atoms with Gasteiger partial charge in [-0.2, -0.15) is 13.2 Å². The number of halogens is 5. The second-order valence-corrected chi connectivity index (χ2v) is 4.71. The van der Waals surface area contributed by atoms with Gasteiger partial charge in [-0.05, 0) is 13.3 Å². The summed E-state index contributed by atoms with van der Waals surface area (Å²) in [6.07, 6.45) is -6.96. The number of carbonyl (C=O) groups is 2. The maximum Gasteiger partial charge on any atom is 0.422 e. The lowest BCUT2D eigenvalue weighted by Gasteiger charge is -2.29. The van der Waals surface area contributed by atoms with E-state index in [9.17, 15) is 31.5 Å². The zero-order valence-electron chi connectivity index (χ0n) is 9.85. The van der Waals surface area contributed by atoms with E-state index in [4.69, 9.17) is 5.11 Å². The van der Waals surface area contributed by atoms with E-state index in [1.54, 1.807) is 0 Å². The van der Waals surface area contributed by atoms with Gasteiger partial charge in [0, 0.05) is 18.8 Å². The highest BCUT2D eigenvalue weighted by Gasteiger charge is 2.59. The Balaban J connectivity index is 2.83. The molecule has 4 nitrogen and oxygen atoms in total. The third kappa shape index (κ3) is 3.13. The quantitative estimate of drug-likeness (QED) is 0.780. The smallest absolute Gasteiger partial charge is 0.422 e. The topological polar surface area (TPSA) is 66.4 Å². The number of carboxylic acid groups (broad SMARTS) is 1. The van der Waals surface area contributed by atoms with E-state index in [0.29, 0.717) is 0 Å². The van der Waals surface area contributed by atoms with Gasteiger partial charge in [0.15, 0.2) is 0 Å². The van der Waals surface area contributed by atoms with Crippen LogP contribution in [0.25, 0.3) is 0 Å². The van der Waals surface area contributed by atoms with Crippen LogP contribution in [-0.2, 0) is 9.59 Å². The Bertz CT molecular complexity index is 395. The van der Waals surface area contributed by atoms with E-state index < -0.39 is 48.3 Å². The monoisotopic (exact) mass is 289 g/mol. The second-order valence-electron chi connectivity index (χ2n) is 4.71. The van der Waals surface area contributed by atoms with Gasteiger partial charge < -0.3 is 10.4 Å². The Labute approximate surface area is 105 Å². The number of carbonyl (C=O) groups excluding carboxylic acids is 1. The van der Waals surface area contributed by atoms with Crippen molar-refractivity contribution < 1.29 is 36.6 Å². The molecule has 1 amide bonds. The van der Waals surface area contributed by atoms with E-state index in [0.717, 1.165) is 0 Å². The summed E-state index contributed by atoms with van der Waals surface area (Å²) in [6.45, 7) is 0.278. The van der Waals surface area contributed by atoms with Crippen molar-refractivity contribution in [2.75, 3.05) is 0 Å². The summed E-state index contributed by atoms with van der Waals surface area (Å²) in [7, 11) is 0. The highest BCUT2D eigenvalue weighted by Crippen LogP contribution is 2.39. The van der Waals surface area contributed by atoms with E-state index >= 15 is 0 Å². The Hall–Kier alpha value is -1.41. The minimum absolute atomic E-state index is 0.271. The van der Waals surface area contributed by atoms with Crippen LogP contribution < -0.4 is 5.32 Å². The molecule has 1 fully saturated rings.